The fraction of sp³-hybridized carbons (Fsp3) is 0.111. The first-order valence-electron chi connectivity index (χ1n) is 8.14. The van der Waals surface area contributed by atoms with Crippen molar-refractivity contribution in [3.8, 4) is 11.5 Å². The molecular formula is C18H12F6N4O2. The highest BCUT2D eigenvalue weighted by Gasteiger charge is 2.31. The second-order valence-electron chi connectivity index (χ2n) is 5.66. The van der Waals surface area contributed by atoms with Gasteiger partial charge in [-0.2, -0.15) is 4.98 Å². The normalized spacial score (nSPS) is 11.7. The zero-order valence-corrected chi connectivity index (χ0v) is 14.8. The number of aromatic nitrogens is 2. The zero-order chi connectivity index (χ0) is 21.8. The van der Waals surface area contributed by atoms with E-state index in [-0.39, 0.29) is 17.4 Å². The third-order valence-electron chi connectivity index (χ3n) is 3.36. The van der Waals surface area contributed by atoms with Crippen molar-refractivity contribution in [2.45, 2.75) is 12.7 Å². The molecular weight excluding hydrogens is 418 g/mol. The van der Waals surface area contributed by atoms with E-state index in [1.807, 2.05) is 0 Å². The van der Waals surface area contributed by atoms with Crippen molar-refractivity contribution < 1.29 is 35.8 Å². The van der Waals surface area contributed by atoms with Crippen LogP contribution in [0.25, 0.3) is 0 Å². The Kier molecular flexibility index (Phi) is 5.85. The number of halogens is 6. The maximum atomic E-state index is 12.2. The highest BCUT2D eigenvalue weighted by Crippen LogP contribution is 2.26. The lowest BCUT2D eigenvalue weighted by Crippen LogP contribution is -2.17. The van der Waals surface area contributed by atoms with Crippen LogP contribution >= 0.6 is 0 Å². The van der Waals surface area contributed by atoms with Crippen LogP contribution in [0, 0.1) is 0 Å². The minimum atomic E-state index is -4.78. The van der Waals surface area contributed by atoms with Gasteiger partial charge in [-0.25, -0.2) is 4.98 Å². The number of hydrogen-bond donors (Lipinski definition) is 2. The molecule has 0 fully saturated rings. The number of nitrogens with zero attached hydrogens (tertiary/aromatic N) is 2. The predicted octanol–water partition coefficient (Wildman–Crippen LogP) is 5.76. The van der Waals surface area contributed by atoms with Crippen LogP contribution in [-0.4, -0.2) is 22.7 Å². The summed E-state index contributed by atoms with van der Waals surface area (Å²) in [6, 6.07) is 11.5. The summed E-state index contributed by atoms with van der Waals surface area (Å²) in [5.41, 5.74) is 0.859. The van der Waals surface area contributed by atoms with Crippen molar-refractivity contribution in [1.29, 1.82) is 0 Å². The molecule has 0 saturated heterocycles. The van der Waals surface area contributed by atoms with Crippen LogP contribution in [0.2, 0.25) is 0 Å². The SMILES string of the molecule is FC(F)(F)Oc1ccc(Nc2ccnc(Nc3ccc(OC(F)(F)F)cc3)n2)cc1. The molecule has 3 rings (SSSR count). The molecule has 1 heterocycles. The molecule has 3 aromatic rings. The van der Waals surface area contributed by atoms with Gasteiger partial charge in [0.25, 0.3) is 0 Å². The van der Waals surface area contributed by atoms with Gasteiger partial charge in [-0.1, -0.05) is 0 Å². The predicted molar refractivity (Wildman–Crippen MR) is 94.8 cm³/mol. The van der Waals surface area contributed by atoms with E-state index in [2.05, 4.69) is 30.1 Å². The molecule has 30 heavy (non-hydrogen) atoms. The van der Waals surface area contributed by atoms with E-state index >= 15 is 0 Å². The molecule has 0 radical (unpaired) electrons. The summed E-state index contributed by atoms with van der Waals surface area (Å²) in [5, 5.41) is 5.69. The minimum absolute atomic E-state index is 0.140. The van der Waals surface area contributed by atoms with Crippen LogP contribution in [0.5, 0.6) is 11.5 Å². The van der Waals surface area contributed by atoms with Gasteiger partial charge in [-0.05, 0) is 54.6 Å². The Morgan fingerprint density at radius 3 is 1.57 bits per heavy atom. The maximum Gasteiger partial charge on any atom is 0.573 e. The molecule has 0 unspecified atom stereocenters. The highest BCUT2D eigenvalue weighted by molar-refractivity contribution is 5.60. The molecule has 1 aromatic heterocycles. The molecule has 0 spiro atoms. The van der Waals surface area contributed by atoms with Crippen molar-refractivity contribution in [1.82, 2.24) is 9.97 Å². The van der Waals surface area contributed by atoms with Crippen LogP contribution in [0.15, 0.2) is 60.8 Å². The lowest BCUT2D eigenvalue weighted by Gasteiger charge is -2.11. The number of rotatable bonds is 6. The van der Waals surface area contributed by atoms with E-state index in [9.17, 15) is 26.3 Å². The molecule has 0 saturated carbocycles. The molecule has 0 aliphatic heterocycles. The summed E-state index contributed by atoms with van der Waals surface area (Å²) in [6.45, 7) is 0. The van der Waals surface area contributed by atoms with Crippen molar-refractivity contribution in [2.24, 2.45) is 0 Å². The lowest BCUT2D eigenvalue weighted by atomic mass is 10.3. The van der Waals surface area contributed by atoms with Crippen molar-refractivity contribution in [3.05, 3.63) is 60.8 Å². The molecule has 0 amide bonds. The molecule has 0 aliphatic rings. The average Bonchev–Trinajstić information content (AvgIpc) is 2.63. The lowest BCUT2D eigenvalue weighted by molar-refractivity contribution is -0.275. The number of benzene rings is 2. The second-order valence-corrected chi connectivity index (χ2v) is 5.66. The van der Waals surface area contributed by atoms with Crippen LogP contribution in [-0.2, 0) is 0 Å². The van der Waals surface area contributed by atoms with E-state index in [1.165, 1.54) is 36.5 Å². The van der Waals surface area contributed by atoms with Crippen molar-refractivity contribution in [3.63, 3.8) is 0 Å². The monoisotopic (exact) mass is 430 g/mol. The van der Waals surface area contributed by atoms with Gasteiger partial charge >= 0.3 is 12.7 Å². The summed E-state index contributed by atoms with van der Waals surface area (Å²) < 4.78 is 80.7. The highest BCUT2D eigenvalue weighted by atomic mass is 19.4. The maximum absolute atomic E-state index is 12.2. The van der Waals surface area contributed by atoms with Crippen LogP contribution in [0.4, 0.5) is 49.5 Å². The molecule has 0 bridgehead atoms. The quantitative estimate of drug-likeness (QED) is 0.485. The Bertz CT molecular complexity index is 899. The summed E-state index contributed by atoms with van der Waals surface area (Å²) in [5.74, 6) is -0.270. The number of hydrogen-bond acceptors (Lipinski definition) is 6. The van der Waals surface area contributed by atoms with E-state index in [1.54, 1.807) is 0 Å². The number of nitrogens with one attached hydrogen (secondary N) is 2. The number of anilines is 4. The largest absolute Gasteiger partial charge is 0.573 e. The van der Waals surface area contributed by atoms with Gasteiger partial charge in [0, 0.05) is 17.6 Å². The van der Waals surface area contributed by atoms with Crippen LogP contribution in [0.1, 0.15) is 0 Å². The second kappa shape index (κ2) is 8.35. The summed E-state index contributed by atoms with van der Waals surface area (Å²) in [6.07, 6.45) is -8.14. The summed E-state index contributed by atoms with van der Waals surface area (Å²) >= 11 is 0. The summed E-state index contributed by atoms with van der Waals surface area (Å²) in [4.78, 5) is 8.17. The Hall–Kier alpha value is -3.70. The van der Waals surface area contributed by atoms with Gasteiger partial charge < -0.3 is 20.1 Å². The molecule has 0 aliphatic carbocycles. The topological polar surface area (TPSA) is 68.3 Å². The molecule has 158 valence electrons. The number of alkyl halides is 6. The van der Waals surface area contributed by atoms with Gasteiger partial charge in [0.1, 0.15) is 17.3 Å². The van der Waals surface area contributed by atoms with Gasteiger partial charge in [-0.3, -0.25) is 0 Å². The molecule has 0 atom stereocenters. The van der Waals surface area contributed by atoms with Crippen LogP contribution < -0.4 is 20.1 Å². The average molecular weight is 430 g/mol. The smallest absolute Gasteiger partial charge is 0.406 e. The van der Waals surface area contributed by atoms with E-state index in [0.29, 0.717) is 17.2 Å². The molecule has 2 N–H and O–H groups in total. The van der Waals surface area contributed by atoms with Crippen LogP contribution in [0.3, 0.4) is 0 Å². The van der Waals surface area contributed by atoms with Gasteiger partial charge in [-0.15, -0.1) is 26.3 Å². The van der Waals surface area contributed by atoms with Crippen molar-refractivity contribution in [2.75, 3.05) is 10.6 Å². The van der Waals surface area contributed by atoms with Gasteiger partial charge in [0.15, 0.2) is 0 Å². The Morgan fingerprint density at radius 2 is 1.10 bits per heavy atom. The zero-order valence-electron chi connectivity index (χ0n) is 14.8. The first kappa shape index (κ1) is 21.0. The number of ether oxygens (including phenoxy) is 2. The first-order chi connectivity index (χ1) is 14.1. The van der Waals surface area contributed by atoms with Gasteiger partial charge in [0.05, 0.1) is 0 Å². The third-order valence-corrected chi connectivity index (χ3v) is 3.36. The van der Waals surface area contributed by atoms with E-state index < -0.39 is 12.7 Å². The van der Waals surface area contributed by atoms with Gasteiger partial charge in [0.2, 0.25) is 5.95 Å². The molecule has 2 aromatic carbocycles. The third kappa shape index (κ3) is 6.72. The fourth-order valence-electron chi connectivity index (χ4n) is 2.25. The standard InChI is InChI=1S/C18H12F6N4O2/c19-17(20,21)29-13-5-1-11(2-6-13)26-15-9-10-25-16(28-15)27-12-3-7-14(8-4-12)30-18(22,23)24/h1-10H,(H2,25,26,27,28). The summed E-state index contributed by atoms with van der Waals surface area (Å²) in [7, 11) is 0. The molecule has 12 heteroatoms. The Morgan fingerprint density at radius 1 is 0.633 bits per heavy atom. The minimum Gasteiger partial charge on any atom is -0.406 e. The fourth-order valence-corrected chi connectivity index (χ4v) is 2.25. The van der Waals surface area contributed by atoms with E-state index in [4.69, 9.17) is 0 Å². The molecule has 6 nitrogen and oxygen atoms in total. The first-order valence-corrected chi connectivity index (χ1v) is 8.14. The van der Waals surface area contributed by atoms with Crippen molar-refractivity contribution >= 4 is 23.1 Å². The van der Waals surface area contributed by atoms with E-state index in [0.717, 1.165) is 24.3 Å². The Balaban J connectivity index is 1.63. The Labute approximate surface area is 165 Å².